The normalized spacial score (nSPS) is 10.4. The number of anilines is 1. The van der Waals surface area contributed by atoms with Crippen LogP contribution in [0.1, 0.15) is 5.69 Å². The van der Waals surface area contributed by atoms with E-state index in [1.165, 1.54) is 23.5 Å². The Morgan fingerprint density at radius 3 is 2.56 bits per heavy atom. The van der Waals surface area contributed by atoms with E-state index in [2.05, 4.69) is 10.3 Å². The van der Waals surface area contributed by atoms with Gasteiger partial charge in [0.05, 0.1) is 27.8 Å². The third-order valence-electron chi connectivity index (χ3n) is 1.94. The van der Waals surface area contributed by atoms with E-state index >= 15 is 0 Å². The molecule has 0 spiro atoms. The predicted molar refractivity (Wildman–Crippen MR) is 65.9 cm³/mol. The summed E-state index contributed by atoms with van der Waals surface area (Å²) in [6.07, 6.45) is 0. The zero-order valence-corrected chi connectivity index (χ0v) is 10.3. The quantitative estimate of drug-likeness (QED) is 0.850. The smallest absolute Gasteiger partial charge is 0.160 e. The molecular weight excluding hydrogens is 270 g/mol. The average Bonchev–Trinajstić information content (AvgIpc) is 2.75. The van der Waals surface area contributed by atoms with E-state index in [1.807, 2.05) is 5.38 Å². The molecule has 2 aromatic rings. The highest BCUT2D eigenvalue weighted by molar-refractivity contribution is 7.07. The maximum atomic E-state index is 13.1. The minimum absolute atomic E-state index is 0.00766. The second-order valence-corrected chi connectivity index (χ2v) is 4.62. The third kappa shape index (κ3) is 2.64. The van der Waals surface area contributed by atoms with Crippen LogP contribution in [0.15, 0.2) is 23.0 Å². The molecule has 0 radical (unpaired) electrons. The first-order chi connectivity index (χ1) is 7.66. The number of thiazole rings is 1. The lowest BCUT2D eigenvalue weighted by Crippen LogP contribution is -1.99. The molecule has 0 amide bonds. The Balaban J connectivity index is 2.10. The Kier molecular flexibility index (Phi) is 3.63. The van der Waals surface area contributed by atoms with E-state index in [0.717, 1.165) is 5.69 Å². The second kappa shape index (κ2) is 4.99. The van der Waals surface area contributed by atoms with Crippen LogP contribution in [0.4, 0.5) is 10.1 Å². The number of hydrogen-bond donors (Lipinski definition) is 1. The summed E-state index contributed by atoms with van der Waals surface area (Å²) in [5, 5.41) is 5.01. The first-order valence-corrected chi connectivity index (χ1v) is 6.12. The van der Waals surface area contributed by atoms with Gasteiger partial charge in [-0.25, -0.2) is 9.37 Å². The van der Waals surface area contributed by atoms with Crippen LogP contribution in [0.3, 0.4) is 0 Å². The van der Waals surface area contributed by atoms with Gasteiger partial charge < -0.3 is 5.32 Å². The summed E-state index contributed by atoms with van der Waals surface area (Å²) in [7, 11) is 0. The predicted octanol–water partition coefficient (Wildman–Crippen LogP) is 4.20. The molecule has 2 nitrogen and oxygen atoms in total. The first-order valence-electron chi connectivity index (χ1n) is 4.42. The van der Waals surface area contributed by atoms with Crippen molar-refractivity contribution >= 4 is 40.2 Å². The Morgan fingerprint density at radius 1 is 1.31 bits per heavy atom. The summed E-state index contributed by atoms with van der Waals surface area (Å²) in [5.41, 5.74) is 3.34. The van der Waals surface area contributed by atoms with E-state index in [0.29, 0.717) is 12.2 Å². The molecule has 0 aliphatic rings. The van der Waals surface area contributed by atoms with Crippen molar-refractivity contribution in [1.82, 2.24) is 4.98 Å². The number of aromatic nitrogens is 1. The number of benzene rings is 1. The van der Waals surface area contributed by atoms with Gasteiger partial charge in [0.1, 0.15) is 0 Å². The van der Waals surface area contributed by atoms with Gasteiger partial charge in [0.2, 0.25) is 0 Å². The molecule has 1 aromatic heterocycles. The molecule has 16 heavy (non-hydrogen) atoms. The molecule has 1 aromatic carbocycles. The second-order valence-electron chi connectivity index (χ2n) is 3.09. The van der Waals surface area contributed by atoms with Crippen LogP contribution < -0.4 is 5.32 Å². The van der Waals surface area contributed by atoms with Crippen LogP contribution >= 0.6 is 34.5 Å². The van der Waals surface area contributed by atoms with Gasteiger partial charge >= 0.3 is 0 Å². The zero-order valence-electron chi connectivity index (χ0n) is 8.01. The van der Waals surface area contributed by atoms with Crippen molar-refractivity contribution in [3.05, 3.63) is 44.6 Å². The maximum Gasteiger partial charge on any atom is 0.160 e. The summed E-state index contributed by atoms with van der Waals surface area (Å²) in [6.45, 7) is 0.557. The van der Waals surface area contributed by atoms with Gasteiger partial charge in [-0.2, -0.15) is 0 Å². The highest BCUT2D eigenvalue weighted by atomic mass is 35.5. The van der Waals surface area contributed by atoms with Gasteiger partial charge in [-0.15, -0.1) is 11.3 Å². The Bertz CT molecular complexity index is 465. The van der Waals surface area contributed by atoms with Crippen LogP contribution in [-0.2, 0) is 6.54 Å². The Hall–Kier alpha value is -0.840. The Labute approximate surface area is 106 Å². The molecule has 0 saturated carbocycles. The van der Waals surface area contributed by atoms with Gasteiger partial charge in [-0.3, -0.25) is 0 Å². The van der Waals surface area contributed by atoms with E-state index in [9.17, 15) is 4.39 Å². The van der Waals surface area contributed by atoms with Gasteiger partial charge in [0.25, 0.3) is 0 Å². The fourth-order valence-corrected chi connectivity index (χ4v) is 2.22. The van der Waals surface area contributed by atoms with E-state index in [4.69, 9.17) is 23.2 Å². The third-order valence-corrected chi connectivity index (χ3v) is 3.13. The summed E-state index contributed by atoms with van der Waals surface area (Å²) in [6, 6.07) is 2.99. The van der Waals surface area contributed by atoms with Crippen molar-refractivity contribution in [2.24, 2.45) is 0 Å². The van der Waals surface area contributed by atoms with E-state index in [1.54, 1.807) is 5.51 Å². The summed E-state index contributed by atoms with van der Waals surface area (Å²) < 4.78 is 13.1. The van der Waals surface area contributed by atoms with Gasteiger partial charge in [-0.1, -0.05) is 23.2 Å². The van der Waals surface area contributed by atoms with Crippen molar-refractivity contribution in [2.45, 2.75) is 6.54 Å². The van der Waals surface area contributed by atoms with Crippen LogP contribution in [0.2, 0.25) is 10.0 Å². The molecule has 2 rings (SSSR count). The van der Waals surface area contributed by atoms with Crippen LogP contribution in [0, 0.1) is 5.82 Å². The van der Waals surface area contributed by atoms with Crippen molar-refractivity contribution in [3.63, 3.8) is 0 Å². The average molecular weight is 277 g/mol. The molecular formula is C10H7Cl2FN2S. The van der Waals surface area contributed by atoms with E-state index < -0.39 is 5.82 Å². The largest absolute Gasteiger partial charge is 0.379 e. The lowest BCUT2D eigenvalue weighted by Gasteiger charge is -2.06. The molecule has 0 saturated heterocycles. The van der Waals surface area contributed by atoms with Gasteiger partial charge in [0.15, 0.2) is 5.82 Å². The minimum Gasteiger partial charge on any atom is -0.379 e. The van der Waals surface area contributed by atoms with Gasteiger partial charge in [0, 0.05) is 11.1 Å². The Morgan fingerprint density at radius 2 is 2.00 bits per heavy atom. The molecule has 1 N–H and O–H groups in total. The number of hydrogen-bond acceptors (Lipinski definition) is 3. The molecule has 0 aliphatic carbocycles. The highest BCUT2D eigenvalue weighted by Gasteiger charge is 2.07. The SMILES string of the molecule is Fc1c(Cl)cc(NCc2cscn2)cc1Cl. The van der Waals surface area contributed by atoms with Crippen LogP contribution in [-0.4, -0.2) is 4.98 Å². The monoisotopic (exact) mass is 276 g/mol. The molecule has 1 heterocycles. The fourth-order valence-electron chi connectivity index (χ4n) is 1.18. The summed E-state index contributed by atoms with van der Waals surface area (Å²) in [4.78, 5) is 4.11. The first kappa shape index (κ1) is 11.6. The van der Waals surface area contributed by atoms with Crippen molar-refractivity contribution in [2.75, 3.05) is 5.32 Å². The molecule has 0 bridgehead atoms. The lowest BCUT2D eigenvalue weighted by atomic mass is 10.3. The molecule has 84 valence electrons. The van der Waals surface area contributed by atoms with Gasteiger partial charge in [-0.05, 0) is 12.1 Å². The fraction of sp³-hybridized carbons (Fsp3) is 0.100. The maximum absolute atomic E-state index is 13.1. The van der Waals surface area contributed by atoms with Crippen LogP contribution in [0.25, 0.3) is 0 Å². The number of nitrogens with one attached hydrogen (secondary N) is 1. The standard InChI is InChI=1S/C10H7Cl2FN2S/c11-8-1-6(2-9(12)10(8)13)14-3-7-4-16-5-15-7/h1-2,4-5,14H,3H2. The lowest BCUT2D eigenvalue weighted by molar-refractivity contribution is 0.629. The van der Waals surface area contributed by atoms with Crippen molar-refractivity contribution < 1.29 is 4.39 Å². The summed E-state index contributed by atoms with van der Waals surface area (Å²) >= 11 is 12.9. The molecule has 6 heteroatoms. The van der Waals surface area contributed by atoms with Crippen molar-refractivity contribution in [1.29, 1.82) is 0 Å². The highest BCUT2D eigenvalue weighted by Crippen LogP contribution is 2.27. The topological polar surface area (TPSA) is 24.9 Å². The minimum atomic E-state index is -0.595. The van der Waals surface area contributed by atoms with E-state index in [-0.39, 0.29) is 10.0 Å². The molecule has 0 fully saturated rings. The number of rotatable bonds is 3. The zero-order chi connectivity index (χ0) is 11.5. The number of halogens is 3. The molecule has 0 unspecified atom stereocenters. The van der Waals surface area contributed by atoms with Crippen molar-refractivity contribution in [3.8, 4) is 0 Å². The van der Waals surface area contributed by atoms with Crippen LogP contribution in [0.5, 0.6) is 0 Å². The summed E-state index contributed by atoms with van der Waals surface area (Å²) in [5.74, 6) is -0.595. The number of nitrogens with zero attached hydrogens (tertiary/aromatic N) is 1. The molecule has 0 atom stereocenters. The molecule has 0 aliphatic heterocycles.